The maximum absolute atomic E-state index is 4.56. The monoisotopic (exact) mass is 401 g/mol. The molecule has 0 aliphatic carbocycles. The number of para-hydroxylation sites is 1. The smallest absolute Gasteiger partial charge is 0.229 e. The molecule has 3 N–H and O–H groups in total. The topological polar surface area (TPSA) is 61.9 Å². The molecule has 5 nitrogen and oxygen atoms in total. The summed E-state index contributed by atoms with van der Waals surface area (Å²) >= 11 is 3.49. The molecule has 2 rings (SSSR count). The Bertz CT molecular complexity index is 770. The van der Waals surface area contributed by atoms with Gasteiger partial charge in [0.2, 0.25) is 5.95 Å². The van der Waals surface area contributed by atoms with Gasteiger partial charge < -0.3 is 16.0 Å². The van der Waals surface area contributed by atoms with E-state index in [0.29, 0.717) is 11.8 Å². The number of aromatic nitrogens is 2. The second-order valence-corrected chi connectivity index (χ2v) is 6.53. The Labute approximate surface area is 157 Å². The van der Waals surface area contributed by atoms with Gasteiger partial charge >= 0.3 is 0 Å². The van der Waals surface area contributed by atoms with E-state index in [-0.39, 0.29) is 0 Å². The zero-order chi connectivity index (χ0) is 18.2. The number of benzene rings is 1. The second kappa shape index (κ2) is 9.22. The average Bonchev–Trinajstić information content (AvgIpc) is 2.59. The Morgan fingerprint density at radius 2 is 2.08 bits per heavy atom. The Kier molecular flexibility index (Phi) is 7.01. The minimum atomic E-state index is 0.530. The summed E-state index contributed by atoms with van der Waals surface area (Å²) in [5.74, 6) is 2.04. The molecular formula is C19H24BrN5. The van der Waals surface area contributed by atoms with Crippen LogP contribution in [0, 0.1) is 6.92 Å². The molecule has 2 aromatic rings. The Balaban J connectivity index is 2.21. The van der Waals surface area contributed by atoms with Crippen molar-refractivity contribution in [3.8, 4) is 0 Å². The summed E-state index contributed by atoms with van der Waals surface area (Å²) in [6.07, 6.45) is 5.74. The lowest BCUT2D eigenvalue weighted by molar-refractivity contribution is 0.915. The van der Waals surface area contributed by atoms with Gasteiger partial charge in [-0.3, -0.25) is 0 Å². The van der Waals surface area contributed by atoms with Crippen molar-refractivity contribution in [2.24, 2.45) is 0 Å². The molecule has 1 aromatic carbocycles. The van der Waals surface area contributed by atoms with Gasteiger partial charge in [0.1, 0.15) is 5.82 Å². The highest BCUT2D eigenvalue weighted by atomic mass is 79.9. The van der Waals surface area contributed by atoms with Gasteiger partial charge in [0.25, 0.3) is 0 Å². The minimum Gasteiger partial charge on any atom is -0.375 e. The molecular weight excluding hydrogens is 378 g/mol. The van der Waals surface area contributed by atoms with Crippen LogP contribution in [-0.2, 0) is 0 Å². The largest absolute Gasteiger partial charge is 0.375 e. The molecule has 6 heteroatoms. The average molecular weight is 402 g/mol. The zero-order valence-electron chi connectivity index (χ0n) is 14.9. The minimum absolute atomic E-state index is 0.530. The van der Waals surface area contributed by atoms with Crippen LogP contribution in [0.15, 0.2) is 59.0 Å². The molecule has 0 spiro atoms. The summed E-state index contributed by atoms with van der Waals surface area (Å²) in [7, 11) is 1.86. The van der Waals surface area contributed by atoms with Crippen molar-refractivity contribution in [1.82, 2.24) is 15.3 Å². The fourth-order valence-corrected chi connectivity index (χ4v) is 2.53. The predicted octanol–water partition coefficient (Wildman–Crippen LogP) is 5.12. The van der Waals surface area contributed by atoms with Crippen LogP contribution in [0.5, 0.6) is 0 Å². The van der Waals surface area contributed by atoms with Crippen LogP contribution < -0.4 is 16.0 Å². The van der Waals surface area contributed by atoms with E-state index in [1.54, 1.807) is 6.20 Å². The van der Waals surface area contributed by atoms with Crippen molar-refractivity contribution < 1.29 is 0 Å². The highest BCUT2D eigenvalue weighted by molar-refractivity contribution is 9.10. The first-order chi connectivity index (χ1) is 12.0. The van der Waals surface area contributed by atoms with Crippen LogP contribution >= 0.6 is 15.9 Å². The summed E-state index contributed by atoms with van der Waals surface area (Å²) in [5.41, 5.74) is 3.18. The summed E-state index contributed by atoms with van der Waals surface area (Å²) in [4.78, 5) is 8.89. The van der Waals surface area contributed by atoms with Crippen LogP contribution in [0.2, 0.25) is 0 Å². The Morgan fingerprint density at radius 3 is 2.76 bits per heavy atom. The van der Waals surface area contributed by atoms with Crippen molar-refractivity contribution in [2.75, 3.05) is 17.7 Å². The molecule has 0 fully saturated rings. The fourth-order valence-electron chi connectivity index (χ4n) is 2.24. The molecule has 25 heavy (non-hydrogen) atoms. The van der Waals surface area contributed by atoms with E-state index in [4.69, 9.17) is 0 Å². The predicted molar refractivity (Wildman–Crippen MR) is 109 cm³/mol. The first kappa shape index (κ1) is 19.0. The number of hydrogen-bond acceptors (Lipinski definition) is 5. The molecule has 0 atom stereocenters. The fraction of sp³-hybridized carbons (Fsp3) is 0.263. The maximum atomic E-state index is 4.56. The number of anilines is 3. The number of hydrogen-bond donors (Lipinski definition) is 3. The highest BCUT2D eigenvalue weighted by Gasteiger charge is 2.08. The molecule has 1 aromatic heterocycles. The van der Waals surface area contributed by atoms with Crippen molar-refractivity contribution in [3.05, 3.63) is 64.5 Å². The van der Waals surface area contributed by atoms with E-state index in [1.807, 2.05) is 44.3 Å². The third-order valence-corrected chi connectivity index (χ3v) is 4.16. The summed E-state index contributed by atoms with van der Waals surface area (Å²) in [6.45, 7) is 8.24. The van der Waals surface area contributed by atoms with Gasteiger partial charge in [0, 0.05) is 18.9 Å². The normalized spacial score (nSPS) is 11.1. The third-order valence-electron chi connectivity index (χ3n) is 3.58. The SMILES string of the molecule is C=C(/C=C(\NC)Nc1nc(Nc2ccccc2C)ncc1Br)CCC. The third kappa shape index (κ3) is 5.60. The van der Waals surface area contributed by atoms with Gasteiger partial charge in [-0.15, -0.1) is 0 Å². The van der Waals surface area contributed by atoms with Crippen LogP contribution in [0.1, 0.15) is 25.3 Å². The zero-order valence-corrected chi connectivity index (χ0v) is 16.4. The van der Waals surface area contributed by atoms with Crippen LogP contribution in [0.25, 0.3) is 0 Å². The molecule has 0 saturated heterocycles. The summed E-state index contributed by atoms with van der Waals surface area (Å²) in [5, 5.41) is 9.66. The molecule has 0 aliphatic heterocycles. The van der Waals surface area contributed by atoms with E-state index in [9.17, 15) is 0 Å². The van der Waals surface area contributed by atoms with E-state index >= 15 is 0 Å². The number of aryl methyl sites for hydroxylation is 1. The molecule has 1 heterocycles. The summed E-state index contributed by atoms with van der Waals surface area (Å²) in [6, 6.07) is 8.03. The van der Waals surface area contributed by atoms with Crippen molar-refractivity contribution in [1.29, 1.82) is 0 Å². The van der Waals surface area contributed by atoms with E-state index < -0.39 is 0 Å². The lowest BCUT2D eigenvalue weighted by atomic mass is 10.2. The van der Waals surface area contributed by atoms with Gasteiger partial charge in [0.05, 0.1) is 4.47 Å². The molecule has 0 saturated carbocycles. The molecule has 0 amide bonds. The molecule has 0 unspecified atom stereocenters. The van der Waals surface area contributed by atoms with Crippen LogP contribution in [-0.4, -0.2) is 17.0 Å². The molecule has 0 aliphatic rings. The highest BCUT2D eigenvalue weighted by Crippen LogP contribution is 2.24. The lowest BCUT2D eigenvalue weighted by Gasteiger charge is -2.14. The van der Waals surface area contributed by atoms with Gasteiger partial charge in [-0.05, 0) is 47.0 Å². The summed E-state index contributed by atoms with van der Waals surface area (Å²) < 4.78 is 0.782. The first-order valence-corrected chi connectivity index (χ1v) is 9.02. The Hall–Kier alpha value is -2.34. The Morgan fingerprint density at radius 1 is 1.32 bits per heavy atom. The van der Waals surface area contributed by atoms with Crippen molar-refractivity contribution in [2.45, 2.75) is 26.7 Å². The van der Waals surface area contributed by atoms with Gasteiger partial charge in [0.15, 0.2) is 5.82 Å². The quantitative estimate of drug-likeness (QED) is 0.535. The first-order valence-electron chi connectivity index (χ1n) is 8.23. The number of nitrogens with one attached hydrogen (secondary N) is 3. The van der Waals surface area contributed by atoms with Gasteiger partial charge in [-0.2, -0.15) is 4.98 Å². The van der Waals surface area contributed by atoms with Crippen molar-refractivity contribution >= 4 is 33.4 Å². The molecule has 0 radical (unpaired) electrons. The van der Waals surface area contributed by atoms with E-state index in [0.717, 1.165) is 40.0 Å². The maximum Gasteiger partial charge on any atom is 0.229 e. The van der Waals surface area contributed by atoms with Gasteiger partial charge in [-0.25, -0.2) is 4.98 Å². The van der Waals surface area contributed by atoms with E-state index in [1.165, 1.54) is 0 Å². The number of rotatable bonds is 8. The standard InChI is InChI=1S/C19H24BrN5/c1-5-8-13(2)11-17(21-4)24-18-15(20)12-22-19(25-18)23-16-10-7-6-9-14(16)3/h6-7,9-12,21H,2,5,8H2,1,3-4H3,(H2,22,23,24,25)/b17-11+. The second-order valence-electron chi connectivity index (χ2n) is 5.67. The molecule has 0 bridgehead atoms. The lowest BCUT2D eigenvalue weighted by Crippen LogP contribution is -2.16. The van der Waals surface area contributed by atoms with Crippen molar-refractivity contribution in [3.63, 3.8) is 0 Å². The number of allylic oxidation sites excluding steroid dienone is 2. The van der Waals surface area contributed by atoms with Crippen LogP contribution in [0.4, 0.5) is 17.5 Å². The van der Waals surface area contributed by atoms with E-state index in [2.05, 4.69) is 55.4 Å². The number of halogens is 1. The van der Waals surface area contributed by atoms with Gasteiger partial charge in [-0.1, -0.05) is 43.7 Å². The van der Waals surface area contributed by atoms with Crippen LogP contribution in [0.3, 0.4) is 0 Å². The number of nitrogens with zero attached hydrogens (tertiary/aromatic N) is 2. The molecule has 132 valence electrons.